The summed E-state index contributed by atoms with van der Waals surface area (Å²) < 4.78 is 37.0. The van der Waals surface area contributed by atoms with Gasteiger partial charge in [0.2, 0.25) is 0 Å². The molecule has 2 aromatic carbocycles. The number of hydrogen-bond acceptors (Lipinski definition) is 8. The number of hydrogen-bond donors (Lipinski definition) is 1. The predicted molar refractivity (Wildman–Crippen MR) is 149 cm³/mol. The van der Waals surface area contributed by atoms with E-state index in [4.69, 9.17) is 9.72 Å². The molecule has 1 N–H and O–H groups in total. The number of nitriles is 1. The average Bonchev–Trinajstić information content (AvgIpc) is 3.51. The summed E-state index contributed by atoms with van der Waals surface area (Å²) in [4.78, 5) is 18.1. The fourth-order valence-electron chi connectivity index (χ4n) is 6.67. The Labute approximate surface area is 230 Å². The van der Waals surface area contributed by atoms with E-state index < -0.39 is 12.0 Å². The zero-order chi connectivity index (χ0) is 27.3. The standard InChI is InChI=1S/C30H29F2N7O/c31-21-14-30(8-3-11-39(30)17-21)18-40-29-36-27-23(28(37-29)38-12-9-34-10-13-38)16-35-26(25(27)32)22-7-2-5-19-4-1-6-20(15-33)24(19)22/h1-2,4-7,16,21,34H,3,8-14,17-18H2/t21-,30?/m1/s1. The van der Waals surface area contributed by atoms with E-state index >= 15 is 4.39 Å². The molecular weight excluding hydrogens is 512 g/mol. The number of ether oxygens (including phenoxy) is 1. The number of nitrogens with one attached hydrogen (secondary N) is 1. The van der Waals surface area contributed by atoms with Crippen LogP contribution in [0.4, 0.5) is 14.6 Å². The van der Waals surface area contributed by atoms with Crippen LogP contribution in [0.1, 0.15) is 24.8 Å². The second-order valence-electron chi connectivity index (χ2n) is 10.9. The minimum atomic E-state index is -0.872. The fraction of sp³-hybridized carbons (Fsp3) is 0.400. The molecule has 3 fully saturated rings. The number of benzene rings is 2. The highest BCUT2D eigenvalue weighted by Gasteiger charge is 2.49. The molecule has 3 aliphatic rings. The number of halogens is 2. The van der Waals surface area contributed by atoms with Crippen molar-refractivity contribution in [2.75, 3.05) is 50.8 Å². The van der Waals surface area contributed by atoms with Gasteiger partial charge >= 0.3 is 6.01 Å². The number of rotatable bonds is 5. The highest BCUT2D eigenvalue weighted by atomic mass is 19.1. The van der Waals surface area contributed by atoms with Crippen molar-refractivity contribution < 1.29 is 13.5 Å². The zero-order valence-corrected chi connectivity index (χ0v) is 22.0. The van der Waals surface area contributed by atoms with Crippen LogP contribution in [-0.4, -0.2) is 77.4 Å². The molecule has 0 aliphatic carbocycles. The lowest BCUT2D eigenvalue weighted by atomic mass is 9.95. The van der Waals surface area contributed by atoms with Gasteiger partial charge in [0.25, 0.3) is 0 Å². The largest absolute Gasteiger partial charge is 0.461 e. The minimum absolute atomic E-state index is 0.0799. The Morgan fingerprint density at radius 2 is 1.95 bits per heavy atom. The van der Waals surface area contributed by atoms with Crippen LogP contribution in [0.25, 0.3) is 32.9 Å². The van der Waals surface area contributed by atoms with Gasteiger partial charge in [-0.1, -0.05) is 30.3 Å². The molecule has 4 aromatic rings. The zero-order valence-electron chi connectivity index (χ0n) is 22.0. The maximum Gasteiger partial charge on any atom is 0.319 e. The number of nitrogens with zero attached hydrogens (tertiary/aromatic N) is 6. The summed E-state index contributed by atoms with van der Waals surface area (Å²) in [6.45, 7) is 4.49. The van der Waals surface area contributed by atoms with Crippen molar-refractivity contribution in [1.82, 2.24) is 25.2 Å². The van der Waals surface area contributed by atoms with Gasteiger partial charge in [-0.15, -0.1) is 0 Å². The molecule has 10 heteroatoms. The highest BCUT2D eigenvalue weighted by molar-refractivity contribution is 6.01. The average molecular weight is 542 g/mol. The van der Waals surface area contributed by atoms with E-state index in [9.17, 15) is 9.65 Å². The van der Waals surface area contributed by atoms with E-state index in [2.05, 4.69) is 31.2 Å². The van der Waals surface area contributed by atoms with Gasteiger partial charge in [-0.25, -0.2) is 8.78 Å². The lowest BCUT2D eigenvalue weighted by Gasteiger charge is -2.31. The first kappa shape index (κ1) is 25.1. The van der Waals surface area contributed by atoms with Gasteiger partial charge in [0.1, 0.15) is 29.8 Å². The van der Waals surface area contributed by atoms with Gasteiger partial charge in [-0.3, -0.25) is 9.88 Å². The number of aromatic nitrogens is 3. The van der Waals surface area contributed by atoms with Gasteiger partial charge in [-0.05, 0) is 30.8 Å². The van der Waals surface area contributed by atoms with Gasteiger partial charge in [-0.2, -0.15) is 15.2 Å². The fourth-order valence-corrected chi connectivity index (χ4v) is 6.67. The summed E-state index contributed by atoms with van der Waals surface area (Å²) in [7, 11) is 0. The van der Waals surface area contributed by atoms with E-state index in [0.717, 1.165) is 37.9 Å². The van der Waals surface area contributed by atoms with Crippen molar-refractivity contribution in [2.45, 2.75) is 31.0 Å². The van der Waals surface area contributed by atoms with E-state index in [1.165, 1.54) is 0 Å². The monoisotopic (exact) mass is 541 g/mol. The number of anilines is 1. The predicted octanol–water partition coefficient (Wildman–Crippen LogP) is 4.22. The van der Waals surface area contributed by atoms with Crippen LogP contribution < -0.4 is 15.0 Å². The lowest BCUT2D eigenvalue weighted by molar-refractivity contribution is 0.107. The molecule has 0 amide bonds. The van der Waals surface area contributed by atoms with Crippen molar-refractivity contribution in [3.05, 3.63) is 54.0 Å². The van der Waals surface area contributed by atoms with Gasteiger partial charge in [0, 0.05) is 56.3 Å². The molecule has 8 nitrogen and oxygen atoms in total. The Balaban J connectivity index is 1.35. The van der Waals surface area contributed by atoms with Gasteiger partial charge in [0.15, 0.2) is 5.82 Å². The minimum Gasteiger partial charge on any atom is -0.461 e. The number of fused-ring (bicyclic) bond motifs is 3. The second kappa shape index (κ2) is 9.91. The first-order chi connectivity index (χ1) is 19.6. The summed E-state index contributed by atoms with van der Waals surface area (Å²) in [5.74, 6) is -0.0163. The maximum atomic E-state index is 16.5. The molecule has 3 aliphatic heterocycles. The molecule has 0 spiro atoms. The van der Waals surface area contributed by atoms with Gasteiger partial charge in [0.05, 0.1) is 22.6 Å². The van der Waals surface area contributed by atoms with Crippen LogP contribution in [0.5, 0.6) is 6.01 Å². The molecule has 2 atom stereocenters. The first-order valence-corrected chi connectivity index (χ1v) is 13.8. The first-order valence-electron chi connectivity index (χ1n) is 13.8. The van der Waals surface area contributed by atoms with Crippen molar-refractivity contribution in [1.29, 1.82) is 5.26 Å². The van der Waals surface area contributed by atoms with Crippen molar-refractivity contribution >= 4 is 27.5 Å². The van der Waals surface area contributed by atoms with Crippen molar-refractivity contribution in [2.24, 2.45) is 0 Å². The third-order valence-corrected chi connectivity index (χ3v) is 8.57. The normalized spacial score (nSPS) is 23.0. The summed E-state index contributed by atoms with van der Waals surface area (Å²) >= 11 is 0. The highest BCUT2D eigenvalue weighted by Crippen LogP contribution is 2.41. The summed E-state index contributed by atoms with van der Waals surface area (Å²) in [5, 5.41) is 15.1. The van der Waals surface area contributed by atoms with Crippen molar-refractivity contribution in [3.63, 3.8) is 0 Å². The van der Waals surface area contributed by atoms with E-state index in [1.54, 1.807) is 18.3 Å². The molecule has 40 heavy (non-hydrogen) atoms. The maximum absolute atomic E-state index is 16.5. The summed E-state index contributed by atoms with van der Waals surface area (Å²) in [6, 6.07) is 13.2. The molecule has 3 saturated heterocycles. The van der Waals surface area contributed by atoms with E-state index in [1.807, 2.05) is 24.3 Å². The Kier molecular flexibility index (Phi) is 6.21. The molecule has 2 aromatic heterocycles. The van der Waals surface area contributed by atoms with Gasteiger partial charge < -0.3 is 15.0 Å². The Morgan fingerprint density at radius 1 is 1.12 bits per heavy atom. The van der Waals surface area contributed by atoms with Crippen LogP contribution in [0, 0.1) is 17.1 Å². The van der Waals surface area contributed by atoms with Crippen LogP contribution >= 0.6 is 0 Å². The van der Waals surface area contributed by atoms with E-state index in [-0.39, 0.29) is 29.4 Å². The van der Waals surface area contributed by atoms with Crippen LogP contribution in [-0.2, 0) is 0 Å². The summed E-state index contributed by atoms with van der Waals surface area (Å²) in [5.41, 5.74) is 0.842. The molecule has 5 heterocycles. The Bertz CT molecular complexity index is 1650. The van der Waals surface area contributed by atoms with Crippen LogP contribution in [0.2, 0.25) is 0 Å². The van der Waals surface area contributed by atoms with Crippen LogP contribution in [0.15, 0.2) is 42.6 Å². The molecular formula is C30H29F2N7O. The molecule has 1 unspecified atom stereocenters. The molecule has 0 bridgehead atoms. The van der Waals surface area contributed by atoms with Crippen LogP contribution in [0.3, 0.4) is 0 Å². The number of alkyl halides is 1. The third kappa shape index (κ3) is 4.12. The van der Waals surface area contributed by atoms with E-state index in [0.29, 0.717) is 53.8 Å². The third-order valence-electron chi connectivity index (χ3n) is 8.57. The Morgan fingerprint density at radius 3 is 2.77 bits per heavy atom. The molecule has 0 saturated carbocycles. The molecule has 7 rings (SSSR count). The quantitative estimate of drug-likeness (QED) is 0.402. The Hall–Kier alpha value is -3.94. The molecule has 204 valence electrons. The summed E-state index contributed by atoms with van der Waals surface area (Å²) in [6.07, 6.45) is 3.03. The number of piperazine rings is 1. The lowest BCUT2D eigenvalue weighted by Crippen LogP contribution is -2.44. The number of pyridine rings is 1. The topological polar surface area (TPSA) is 90.2 Å². The second-order valence-corrected chi connectivity index (χ2v) is 10.9. The smallest absolute Gasteiger partial charge is 0.319 e. The van der Waals surface area contributed by atoms with Crippen molar-refractivity contribution in [3.8, 4) is 23.3 Å². The molecule has 0 radical (unpaired) electrons. The SMILES string of the molecule is N#Cc1cccc2cccc(-c3ncc4c(N5CCNCC5)nc(OCC56CCCN5C[C@H](F)C6)nc4c3F)c12.